The predicted molar refractivity (Wildman–Crippen MR) is 91.5 cm³/mol. The number of carbonyl (C=O) groups excluding carboxylic acids is 1. The van der Waals surface area contributed by atoms with Gasteiger partial charge in [0.25, 0.3) is 0 Å². The number of carbonyl (C=O) groups is 1. The van der Waals surface area contributed by atoms with Crippen LogP contribution in [0.5, 0.6) is 0 Å². The van der Waals surface area contributed by atoms with Crippen LogP contribution in [0.15, 0.2) is 0 Å². The van der Waals surface area contributed by atoms with Crippen LogP contribution in [-0.4, -0.2) is 70.0 Å². The van der Waals surface area contributed by atoms with E-state index < -0.39 is 58.9 Å². The summed E-state index contributed by atoms with van der Waals surface area (Å²) in [4.78, 5) is 13.3. The van der Waals surface area contributed by atoms with Gasteiger partial charge in [-0.1, -0.05) is 27.7 Å². The highest BCUT2D eigenvalue weighted by molar-refractivity contribution is 5.89. The zero-order valence-electron chi connectivity index (χ0n) is 16.5. The van der Waals surface area contributed by atoms with Gasteiger partial charge in [-0.3, -0.25) is 0 Å². The van der Waals surface area contributed by atoms with Crippen molar-refractivity contribution >= 4 is 5.97 Å². The number of aliphatic hydroxyl groups is 3. The maximum Gasteiger partial charge on any atom is 0.342 e. The molecule has 4 saturated heterocycles. The first-order valence-electron chi connectivity index (χ1n) is 10.2. The third-order valence-corrected chi connectivity index (χ3v) is 9.12. The van der Waals surface area contributed by atoms with Crippen molar-refractivity contribution < 1.29 is 39.1 Å². The third-order valence-electron chi connectivity index (χ3n) is 9.12. The summed E-state index contributed by atoms with van der Waals surface area (Å²) >= 11 is 0. The molecule has 5 unspecified atom stereocenters. The van der Waals surface area contributed by atoms with Gasteiger partial charge >= 0.3 is 5.97 Å². The molecule has 8 heteroatoms. The number of aliphatic hydroxyl groups excluding tert-OH is 2. The molecular formula is C20H28O8. The van der Waals surface area contributed by atoms with E-state index >= 15 is 0 Å². The fourth-order valence-corrected chi connectivity index (χ4v) is 8.30. The zero-order chi connectivity index (χ0) is 20.1. The number of ether oxygens (including phenoxy) is 4. The molecule has 2 spiro atoms. The van der Waals surface area contributed by atoms with Crippen molar-refractivity contribution in [1.82, 2.24) is 0 Å². The van der Waals surface area contributed by atoms with Gasteiger partial charge in [0, 0.05) is 5.92 Å². The molecule has 0 aromatic carbocycles. The van der Waals surface area contributed by atoms with Crippen molar-refractivity contribution in [3.05, 3.63) is 0 Å². The summed E-state index contributed by atoms with van der Waals surface area (Å²) in [7, 11) is 0. The lowest BCUT2D eigenvalue weighted by Gasteiger charge is -2.48. The number of hydrogen-bond donors (Lipinski definition) is 3. The molecule has 3 N–H and O–H groups in total. The molecule has 0 aromatic heterocycles. The van der Waals surface area contributed by atoms with Crippen LogP contribution in [-0.2, 0) is 23.7 Å². The molecule has 0 aromatic rings. The Hall–Kier alpha value is -0.770. The molecule has 156 valence electrons. The Morgan fingerprint density at radius 3 is 2.57 bits per heavy atom. The molecule has 4 heterocycles. The van der Waals surface area contributed by atoms with Crippen LogP contribution in [0.1, 0.15) is 40.5 Å². The van der Waals surface area contributed by atoms with E-state index in [1.165, 1.54) is 0 Å². The predicted octanol–water partition coefficient (Wildman–Crippen LogP) is -0.0751. The standard InChI is InChI=1S/C20H28O8/c1-8-7-25-11-6-17-10-5-9(16(2,3)4)18(17)12(21)13(22)27-15(18)28-20(17,14(23)26-10)19(8,11)24/h8-13,15,21-22,24H,5-7H2,1-4H3/t8-,9?,10?,11?,12+,13+,15+,17?,18?,19-,20-/m1/s1. The lowest BCUT2D eigenvalue weighted by atomic mass is 9.51. The molecule has 11 atom stereocenters. The van der Waals surface area contributed by atoms with E-state index in [0.29, 0.717) is 19.4 Å². The Morgan fingerprint density at radius 2 is 1.89 bits per heavy atom. The monoisotopic (exact) mass is 396 g/mol. The van der Waals surface area contributed by atoms with E-state index in [0.717, 1.165) is 0 Å². The van der Waals surface area contributed by atoms with Crippen LogP contribution in [0, 0.1) is 28.1 Å². The summed E-state index contributed by atoms with van der Waals surface area (Å²) in [5.41, 5.74) is -5.56. The van der Waals surface area contributed by atoms with Gasteiger partial charge in [-0.2, -0.15) is 0 Å². The topological polar surface area (TPSA) is 115 Å². The Bertz CT molecular complexity index is 779. The first-order valence-corrected chi connectivity index (χ1v) is 10.2. The van der Waals surface area contributed by atoms with E-state index in [1.807, 2.05) is 6.92 Å². The number of fused-ring (bicyclic) bond motifs is 1. The molecular weight excluding hydrogens is 368 g/mol. The van der Waals surface area contributed by atoms with Crippen LogP contribution in [0.2, 0.25) is 0 Å². The smallest absolute Gasteiger partial charge is 0.342 e. The Morgan fingerprint density at radius 1 is 1.18 bits per heavy atom. The highest BCUT2D eigenvalue weighted by Gasteiger charge is 2.99. The van der Waals surface area contributed by atoms with Gasteiger partial charge in [0.1, 0.15) is 17.8 Å². The Kier molecular flexibility index (Phi) is 2.96. The van der Waals surface area contributed by atoms with Gasteiger partial charge in [-0.05, 0) is 24.2 Å². The Balaban J connectivity index is 1.67. The van der Waals surface area contributed by atoms with Gasteiger partial charge in [-0.25, -0.2) is 4.79 Å². The largest absolute Gasteiger partial charge is 0.459 e. The van der Waals surface area contributed by atoms with Gasteiger partial charge in [0.05, 0.1) is 23.5 Å². The van der Waals surface area contributed by atoms with Crippen LogP contribution in [0.25, 0.3) is 0 Å². The summed E-state index contributed by atoms with van der Waals surface area (Å²) in [6, 6.07) is 0. The lowest BCUT2D eigenvalue weighted by Crippen LogP contribution is -2.66. The fourth-order valence-electron chi connectivity index (χ4n) is 8.30. The minimum Gasteiger partial charge on any atom is -0.459 e. The van der Waals surface area contributed by atoms with Gasteiger partial charge in [-0.15, -0.1) is 0 Å². The molecule has 0 bridgehead atoms. The maximum atomic E-state index is 13.3. The lowest BCUT2D eigenvalue weighted by molar-refractivity contribution is -0.263. The highest BCUT2D eigenvalue weighted by Crippen LogP contribution is 2.84. The van der Waals surface area contributed by atoms with Crippen LogP contribution < -0.4 is 0 Å². The molecule has 2 saturated carbocycles. The maximum absolute atomic E-state index is 13.3. The SMILES string of the molecule is C[C@@H]1COC2CC34C5CC(C(C)(C)C)C36[C@@H](O[C@H](O)[C@@H]6O)O[C@@]4(C(=O)O5)[C@]21O. The van der Waals surface area contributed by atoms with E-state index in [9.17, 15) is 20.1 Å². The first kappa shape index (κ1) is 18.0. The molecule has 6 fully saturated rings. The summed E-state index contributed by atoms with van der Waals surface area (Å²) < 4.78 is 23.9. The molecule has 28 heavy (non-hydrogen) atoms. The van der Waals surface area contributed by atoms with Crippen molar-refractivity contribution in [2.24, 2.45) is 28.1 Å². The second-order valence-electron chi connectivity index (χ2n) is 10.8. The van der Waals surface area contributed by atoms with Crippen molar-refractivity contribution in [2.45, 2.75) is 82.6 Å². The van der Waals surface area contributed by atoms with E-state index in [4.69, 9.17) is 18.9 Å². The van der Waals surface area contributed by atoms with Crippen molar-refractivity contribution in [1.29, 1.82) is 0 Å². The quantitative estimate of drug-likeness (QED) is 0.488. The number of hydrogen-bond acceptors (Lipinski definition) is 8. The zero-order valence-corrected chi connectivity index (χ0v) is 16.5. The molecule has 6 rings (SSSR count). The second kappa shape index (κ2) is 4.60. The third kappa shape index (κ3) is 1.34. The number of rotatable bonds is 0. The summed E-state index contributed by atoms with van der Waals surface area (Å²) in [5, 5.41) is 33.7. The molecule has 8 nitrogen and oxygen atoms in total. The Labute approximate surface area is 163 Å². The van der Waals surface area contributed by atoms with Gasteiger partial charge < -0.3 is 34.3 Å². The van der Waals surface area contributed by atoms with Crippen LogP contribution in [0.3, 0.4) is 0 Å². The van der Waals surface area contributed by atoms with Gasteiger partial charge in [0.15, 0.2) is 12.6 Å². The minimum absolute atomic E-state index is 0.144. The molecule has 0 radical (unpaired) electrons. The molecule has 6 aliphatic rings. The second-order valence-corrected chi connectivity index (χ2v) is 10.8. The van der Waals surface area contributed by atoms with Gasteiger partial charge in [0.2, 0.25) is 5.60 Å². The summed E-state index contributed by atoms with van der Waals surface area (Å²) in [6.45, 7) is 8.39. The first-order chi connectivity index (χ1) is 13.0. The van der Waals surface area contributed by atoms with Crippen LogP contribution in [0.4, 0.5) is 0 Å². The van der Waals surface area contributed by atoms with Crippen LogP contribution >= 0.6 is 0 Å². The normalized spacial score (nSPS) is 64.0. The number of esters is 1. The average molecular weight is 396 g/mol. The van der Waals surface area contributed by atoms with Crippen molar-refractivity contribution in [3.8, 4) is 0 Å². The molecule has 0 amide bonds. The van der Waals surface area contributed by atoms with E-state index in [1.54, 1.807) is 0 Å². The fraction of sp³-hybridized carbons (Fsp3) is 0.950. The van der Waals surface area contributed by atoms with Crippen molar-refractivity contribution in [3.63, 3.8) is 0 Å². The summed E-state index contributed by atoms with van der Waals surface area (Å²) in [6.07, 6.45) is -3.90. The summed E-state index contributed by atoms with van der Waals surface area (Å²) in [5.74, 6) is -1.07. The van der Waals surface area contributed by atoms with E-state index in [-0.39, 0.29) is 17.3 Å². The molecule has 4 aliphatic heterocycles. The average Bonchev–Trinajstić information content (AvgIpc) is 3.31. The van der Waals surface area contributed by atoms with Crippen molar-refractivity contribution in [2.75, 3.05) is 6.61 Å². The van der Waals surface area contributed by atoms with E-state index in [2.05, 4.69) is 20.8 Å². The minimum atomic E-state index is -1.66. The highest BCUT2D eigenvalue weighted by atomic mass is 16.8. The molecule has 2 aliphatic carbocycles.